The fraction of sp³-hybridized carbons (Fsp3) is 0.158. The van der Waals surface area contributed by atoms with Crippen molar-refractivity contribution in [2.24, 2.45) is 0 Å². The summed E-state index contributed by atoms with van der Waals surface area (Å²) < 4.78 is 0. The van der Waals surface area contributed by atoms with Gasteiger partial charge >= 0.3 is 6.03 Å². The summed E-state index contributed by atoms with van der Waals surface area (Å²) in [4.78, 5) is 38.4. The highest BCUT2D eigenvalue weighted by Crippen LogP contribution is 2.33. The van der Waals surface area contributed by atoms with E-state index in [1.54, 1.807) is 6.07 Å². The second-order valence-electron chi connectivity index (χ2n) is 6.43. The van der Waals surface area contributed by atoms with Crippen LogP contribution in [0, 0.1) is 11.3 Å². The second-order valence-corrected chi connectivity index (χ2v) is 7.65. The molecule has 0 saturated carbocycles. The Kier molecular flexibility index (Phi) is 5.71. The molecule has 1 aliphatic rings. The van der Waals surface area contributed by atoms with Gasteiger partial charge in [-0.2, -0.15) is 5.26 Å². The first-order valence-corrected chi connectivity index (χ1v) is 9.38. The van der Waals surface area contributed by atoms with Crippen LogP contribution in [-0.4, -0.2) is 29.3 Å². The smallest absolute Gasteiger partial charge is 0.324 e. The van der Waals surface area contributed by atoms with Crippen LogP contribution in [0.25, 0.3) is 0 Å². The van der Waals surface area contributed by atoms with Crippen LogP contribution in [0.5, 0.6) is 0 Å². The summed E-state index contributed by atoms with van der Waals surface area (Å²) in [6, 6.07) is 10.1. The van der Waals surface area contributed by atoms with Crippen LogP contribution in [0.2, 0.25) is 15.1 Å². The predicted octanol–water partition coefficient (Wildman–Crippen LogP) is 3.92. The van der Waals surface area contributed by atoms with Crippen molar-refractivity contribution < 1.29 is 14.4 Å². The Labute approximate surface area is 181 Å². The fourth-order valence-electron chi connectivity index (χ4n) is 2.87. The Hall–Kier alpha value is -2.79. The van der Waals surface area contributed by atoms with Crippen molar-refractivity contribution in [2.75, 3.05) is 11.9 Å². The van der Waals surface area contributed by atoms with E-state index in [0.29, 0.717) is 16.3 Å². The van der Waals surface area contributed by atoms with E-state index < -0.39 is 29.9 Å². The highest BCUT2D eigenvalue weighted by atomic mass is 35.5. The van der Waals surface area contributed by atoms with Crippen molar-refractivity contribution >= 4 is 58.3 Å². The van der Waals surface area contributed by atoms with Crippen molar-refractivity contribution in [3.8, 4) is 6.07 Å². The lowest BCUT2D eigenvalue weighted by molar-refractivity contribution is -0.133. The van der Waals surface area contributed by atoms with E-state index in [2.05, 4.69) is 10.6 Å². The van der Waals surface area contributed by atoms with Crippen LogP contribution in [-0.2, 0) is 15.1 Å². The Bertz CT molecular complexity index is 1080. The molecule has 29 heavy (non-hydrogen) atoms. The third-order valence-electron chi connectivity index (χ3n) is 4.45. The molecule has 1 heterocycles. The number of halogens is 3. The van der Waals surface area contributed by atoms with E-state index in [1.807, 2.05) is 6.07 Å². The molecule has 0 bridgehead atoms. The number of hydrogen-bond donors (Lipinski definition) is 2. The molecule has 2 aromatic carbocycles. The summed E-state index contributed by atoms with van der Waals surface area (Å²) in [5.74, 6) is -1.21. The SMILES string of the molecule is CC1(c2ccc(Cl)c(Cl)c2)NC(=O)N(CC(=O)Nc2ccc(C#N)c(Cl)c2)C1=O. The minimum absolute atomic E-state index is 0.174. The van der Waals surface area contributed by atoms with Crippen molar-refractivity contribution in [1.82, 2.24) is 10.2 Å². The third-order valence-corrected chi connectivity index (χ3v) is 5.50. The Morgan fingerprint density at radius 2 is 1.86 bits per heavy atom. The molecule has 1 atom stereocenters. The molecule has 1 unspecified atom stereocenters. The first-order valence-electron chi connectivity index (χ1n) is 8.25. The number of nitrogens with one attached hydrogen (secondary N) is 2. The number of nitrogens with zero attached hydrogens (tertiary/aromatic N) is 2. The van der Waals surface area contributed by atoms with Gasteiger partial charge in [-0.15, -0.1) is 0 Å². The van der Waals surface area contributed by atoms with Crippen LogP contribution in [0.3, 0.4) is 0 Å². The first kappa shape index (κ1) is 20.9. The number of benzene rings is 2. The molecule has 148 valence electrons. The number of imide groups is 1. The zero-order valence-corrected chi connectivity index (χ0v) is 17.2. The van der Waals surface area contributed by atoms with E-state index in [9.17, 15) is 14.4 Å². The van der Waals surface area contributed by atoms with Crippen LogP contribution in [0.1, 0.15) is 18.1 Å². The quantitative estimate of drug-likeness (QED) is 0.688. The molecule has 1 fully saturated rings. The van der Waals surface area contributed by atoms with Gasteiger partial charge in [0, 0.05) is 5.69 Å². The number of anilines is 1. The average molecular weight is 452 g/mol. The molecular formula is C19H13Cl3N4O3. The predicted molar refractivity (Wildman–Crippen MR) is 109 cm³/mol. The van der Waals surface area contributed by atoms with Gasteiger partial charge in [0.15, 0.2) is 0 Å². The van der Waals surface area contributed by atoms with E-state index in [4.69, 9.17) is 40.1 Å². The zero-order chi connectivity index (χ0) is 21.3. The Morgan fingerprint density at radius 1 is 1.14 bits per heavy atom. The molecule has 0 radical (unpaired) electrons. The number of amides is 4. The van der Waals surface area contributed by atoms with Gasteiger partial charge in [0.05, 0.1) is 20.6 Å². The van der Waals surface area contributed by atoms with Crippen molar-refractivity contribution in [1.29, 1.82) is 5.26 Å². The summed E-state index contributed by atoms with van der Waals surface area (Å²) in [6.45, 7) is 1.02. The second kappa shape index (κ2) is 7.91. The maximum Gasteiger partial charge on any atom is 0.325 e. The van der Waals surface area contributed by atoms with Gasteiger partial charge in [0.1, 0.15) is 18.2 Å². The highest BCUT2D eigenvalue weighted by molar-refractivity contribution is 6.42. The fourth-order valence-corrected chi connectivity index (χ4v) is 3.39. The molecule has 2 N–H and O–H groups in total. The standard InChI is InChI=1S/C19H13Cl3N4O3/c1-19(11-3-5-13(20)15(22)6-11)17(28)26(18(29)25-19)9-16(27)24-12-4-2-10(8-23)14(21)7-12/h2-7H,9H2,1H3,(H,24,27)(H,25,29). The maximum absolute atomic E-state index is 12.9. The molecular weight excluding hydrogens is 439 g/mol. The number of hydrogen-bond acceptors (Lipinski definition) is 4. The minimum atomic E-state index is -1.39. The van der Waals surface area contributed by atoms with Crippen LogP contribution in [0.4, 0.5) is 10.5 Å². The zero-order valence-electron chi connectivity index (χ0n) is 14.9. The third kappa shape index (κ3) is 4.01. The molecule has 0 aliphatic carbocycles. The van der Waals surface area contributed by atoms with Gasteiger partial charge < -0.3 is 10.6 Å². The highest BCUT2D eigenvalue weighted by Gasteiger charge is 2.49. The largest absolute Gasteiger partial charge is 0.325 e. The van der Waals surface area contributed by atoms with Gasteiger partial charge in [0.25, 0.3) is 5.91 Å². The number of nitriles is 1. The van der Waals surface area contributed by atoms with Crippen LogP contribution < -0.4 is 10.6 Å². The Morgan fingerprint density at radius 3 is 2.48 bits per heavy atom. The van der Waals surface area contributed by atoms with Gasteiger partial charge in [-0.25, -0.2) is 4.79 Å². The molecule has 0 aromatic heterocycles. The van der Waals surface area contributed by atoms with Crippen molar-refractivity contribution in [3.05, 3.63) is 62.6 Å². The summed E-state index contributed by atoms with van der Waals surface area (Å²) in [5.41, 5.74) is -0.356. The van der Waals surface area contributed by atoms with Crippen LogP contribution in [0.15, 0.2) is 36.4 Å². The normalized spacial score (nSPS) is 18.4. The summed E-state index contributed by atoms with van der Waals surface area (Å²) in [7, 11) is 0. The molecule has 10 heteroatoms. The monoisotopic (exact) mass is 450 g/mol. The lowest BCUT2D eigenvalue weighted by Gasteiger charge is -2.22. The molecule has 1 aliphatic heterocycles. The van der Waals surface area contributed by atoms with E-state index in [0.717, 1.165) is 4.90 Å². The molecule has 3 rings (SSSR count). The van der Waals surface area contributed by atoms with Crippen molar-refractivity contribution in [2.45, 2.75) is 12.5 Å². The summed E-state index contributed by atoms with van der Waals surface area (Å²) >= 11 is 17.9. The summed E-state index contributed by atoms with van der Waals surface area (Å²) in [6.07, 6.45) is 0. The van der Waals surface area contributed by atoms with Gasteiger partial charge in [-0.1, -0.05) is 40.9 Å². The minimum Gasteiger partial charge on any atom is -0.324 e. The first-order chi connectivity index (χ1) is 13.7. The maximum atomic E-state index is 12.9. The van der Waals surface area contributed by atoms with E-state index >= 15 is 0 Å². The van der Waals surface area contributed by atoms with Gasteiger partial charge in [-0.3, -0.25) is 14.5 Å². The van der Waals surface area contributed by atoms with E-state index in [-0.39, 0.29) is 15.6 Å². The average Bonchev–Trinajstić information content (AvgIpc) is 2.88. The lowest BCUT2D eigenvalue weighted by Crippen LogP contribution is -2.42. The Balaban J connectivity index is 1.76. The molecule has 1 saturated heterocycles. The van der Waals surface area contributed by atoms with Crippen LogP contribution >= 0.6 is 34.8 Å². The number of carbonyl (C=O) groups excluding carboxylic acids is 3. The molecule has 0 spiro atoms. The number of rotatable bonds is 4. The van der Waals surface area contributed by atoms with Gasteiger partial charge in [0.2, 0.25) is 5.91 Å². The lowest BCUT2D eigenvalue weighted by atomic mass is 9.92. The number of carbonyl (C=O) groups is 3. The van der Waals surface area contributed by atoms with E-state index in [1.165, 1.54) is 37.3 Å². The van der Waals surface area contributed by atoms with Gasteiger partial charge in [-0.05, 0) is 42.8 Å². The molecule has 2 aromatic rings. The number of urea groups is 1. The molecule has 7 nitrogen and oxygen atoms in total. The summed E-state index contributed by atoms with van der Waals surface area (Å²) in [5, 5.41) is 14.7. The van der Waals surface area contributed by atoms with Crippen molar-refractivity contribution in [3.63, 3.8) is 0 Å². The topological polar surface area (TPSA) is 102 Å². The molecule has 4 amide bonds.